The van der Waals surface area contributed by atoms with Gasteiger partial charge in [-0.25, -0.2) is 0 Å². The minimum absolute atomic E-state index is 0.199. The Labute approximate surface area is 122 Å². The second-order valence-electron chi connectivity index (χ2n) is 3.81. The van der Waals surface area contributed by atoms with Crippen LogP contribution in [-0.2, 0) is 6.54 Å². The van der Waals surface area contributed by atoms with Gasteiger partial charge >= 0.3 is 0 Å². The van der Waals surface area contributed by atoms with Crippen LogP contribution in [0.5, 0.6) is 0 Å². The first-order chi connectivity index (χ1) is 8.47. The maximum Gasteiger partial charge on any atom is 0.218 e. The summed E-state index contributed by atoms with van der Waals surface area (Å²) in [5.41, 5.74) is 6.58. The molecule has 0 saturated carbocycles. The normalized spacial score (nSPS) is 10.6. The Kier molecular flexibility index (Phi) is 4.00. The van der Waals surface area contributed by atoms with Crippen molar-refractivity contribution in [2.45, 2.75) is 6.54 Å². The highest BCUT2D eigenvalue weighted by molar-refractivity contribution is 9.10. The number of nitrogen functional groups attached to an aromatic ring is 1. The molecule has 1 heterocycles. The van der Waals surface area contributed by atoms with Gasteiger partial charge in [0.25, 0.3) is 0 Å². The van der Waals surface area contributed by atoms with Crippen molar-refractivity contribution >= 4 is 44.8 Å². The van der Waals surface area contributed by atoms with E-state index in [0.29, 0.717) is 21.1 Å². The summed E-state index contributed by atoms with van der Waals surface area (Å²) in [7, 11) is 0. The SMILES string of the molecule is Nc1cn(Cc2ccc(Cl)c(Cl)c2)cc(Br)c1=O. The molecule has 3 nitrogen and oxygen atoms in total. The summed E-state index contributed by atoms with van der Waals surface area (Å²) in [5.74, 6) is 0. The topological polar surface area (TPSA) is 48.0 Å². The number of halogens is 3. The van der Waals surface area contributed by atoms with Gasteiger partial charge in [-0.05, 0) is 33.6 Å². The first kappa shape index (κ1) is 13.5. The lowest BCUT2D eigenvalue weighted by molar-refractivity contribution is 0.787. The fraction of sp³-hybridized carbons (Fsp3) is 0.0833. The molecule has 0 unspecified atom stereocenters. The van der Waals surface area contributed by atoms with Crippen LogP contribution in [0.3, 0.4) is 0 Å². The monoisotopic (exact) mass is 346 g/mol. The van der Waals surface area contributed by atoms with Gasteiger partial charge < -0.3 is 10.3 Å². The van der Waals surface area contributed by atoms with Crippen molar-refractivity contribution in [2.24, 2.45) is 0 Å². The molecule has 0 radical (unpaired) electrons. The highest BCUT2D eigenvalue weighted by atomic mass is 79.9. The molecule has 0 atom stereocenters. The van der Waals surface area contributed by atoms with Gasteiger partial charge in [0.15, 0.2) is 0 Å². The van der Waals surface area contributed by atoms with E-state index < -0.39 is 0 Å². The van der Waals surface area contributed by atoms with Crippen LogP contribution >= 0.6 is 39.1 Å². The maximum atomic E-state index is 11.4. The van der Waals surface area contributed by atoms with Crippen molar-refractivity contribution in [3.05, 3.63) is 60.9 Å². The summed E-state index contributed by atoms with van der Waals surface area (Å²) in [6.07, 6.45) is 3.27. The van der Waals surface area contributed by atoms with E-state index in [9.17, 15) is 4.79 Å². The fourth-order valence-electron chi connectivity index (χ4n) is 1.56. The average molecular weight is 348 g/mol. The summed E-state index contributed by atoms with van der Waals surface area (Å²) in [5, 5.41) is 1.02. The number of anilines is 1. The van der Waals surface area contributed by atoms with Crippen LogP contribution in [0.2, 0.25) is 10.0 Å². The zero-order valence-corrected chi connectivity index (χ0v) is 12.3. The number of aromatic nitrogens is 1. The van der Waals surface area contributed by atoms with Crippen molar-refractivity contribution in [3.8, 4) is 0 Å². The molecule has 2 aromatic rings. The number of nitrogens with two attached hydrogens (primary N) is 1. The van der Waals surface area contributed by atoms with E-state index in [-0.39, 0.29) is 11.1 Å². The first-order valence-electron chi connectivity index (χ1n) is 5.06. The standard InChI is InChI=1S/C12H9BrCl2N2O/c13-8-5-17(6-11(16)12(8)18)4-7-1-2-9(14)10(15)3-7/h1-3,5-6H,4,16H2. The largest absolute Gasteiger partial charge is 0.394 e. The molecule has 1 aromatic carbocycles. The molecule has 6 heteroatoms. The molecule has 2 N–H and O–H groups in total. The Morgan fingerprint density at radius 3 is 2.56 bits per heavy atom. The van der Waals surface area contributed by atoms with Crippen LogP contribution in [0.15, 0.2) is 39.9 Å². The molecule has 2 rings (SSSR count). The van der Waals surface area contributed by atoms with Gasteiger partial charge in [0.1, 0.15) is 0 Å². The Hall–Kier alpha value is -0.970. The highest BCUT2D eigenvalue weighted by Gasteiger charge is 2.04. The number of rotatable bonds is 2. The van der Waals surface area contributed by atoms with Gasteiger partial charge in [0.05, 0.1) is 20.2 Å². The Balaban J connectivity index is 2.34. The van der Waals surface area contributed by atoms with E-state index in [0.717, 1.165) is 5.56 Å². The van der Waals surface area contributed by atoms with E-state index in [1.54, 1.807) is 29.1 Å². The van der Waals surface area contributed by atoms with Gasteiger partial charge in [-0.1, -0.05) is 29.3 Å². The molecular formula is C12H9BrCl2N2O. The summed E-state index contributed by atoms with van der Waals surface area (Å²) < 4.78 is 2.24. The van der Waals surface area contributed by atoms with Gasteiger partial charge in [-0.2, -0.15) is 0 Å². The van der Waals surface area contributed by atoms with E-state index >= 15 is 0 Å². The number of hydrogen-bond donors (Lipinski definition) is 1. The van der Waals surface area contributed by atoms with Crippen molar-refractivity contribution in [2.75, 3.05) is 5.73 Å². The predicted octanol–water partition coefficient (Wildman–Crippen LogP) is 3.55. The molecule has 0 fully saturated rings. The van der Waals surface area contributed by atoms with Gasteiger partial charge in [0, 0.05) is 18.9 Å². The summed E-state index contributed by atoms with van der Waals surface area (Å²) in [6, 6.07) is 5.39. The number of benzene rings is 1. The van der Waals surface area contributed by atoms with E-state index in [1.807, 2.05) is 6.07 Å². The minimum Gasteiger partial charge on any atom is -0.394 e. The fourth-order valence-corrected chi connectivity index (χ4v) is 2.37. The smallest absolute Gasteiger partial charge is 0.218 e. The molecule has 0 bridgehead atoms. The average Bonchev–Trinajstić information content (AvgIpc) is 2.31. The molecule has 94 valence electrons. The summed E-state index contributed by atoms with van der Waals surface area (Å²) >= 11 is 15.0. The third-order valence-electron chi connectivity index (χ3n) is 2.41. The first-order valence-corrected chi connectivity index (χ1v) is 6.61. The number of pyridine rings is 1. The lowest BCUT2D eigenvalue weighted by Crippen LogP contribution is -2.13. The van der Waals surface area contributed by atoms with E-state index in [1.165, 1.54) is 0 Å². The van der Waals surface area contributed by atoms with E-state index in [4.69, 9.17) is 28.9 Å². The van der Waals surface area contributed by atoms with Crippen molar-refractivity contribution < 1.29 is 0 Å². The van der Waals surface area contributed by atoms with Crippen molar-refractivity contribution in [3.63, 3.8) is 0 Å². The zero-order valence-electron chi connectivity index (χ0n) is 9.16. The predicted molar refractivity (Wildman–Crippen MR) is 78.4 cm³/mol. The molecule has 0 amide bonds. The quantitative estimate of drug-likeness (QED) is 0.903. The van der Waals surface area contributed by atoms with Crippen molar-refractivity contribution in [1.29, 1.82) is 0 Å². The molecule has 0 aliphatic heterocycles. The minimum atomic E-state index is -0.208. The van der Waals surface area contributed by atoms with Gasteiger partial charge in [0.2, 0.25) is 5.43 Å². The third-order valence-corrected chi connectivity index (χ3v) is 3.72. The zero-order chi connectivity index (χ0) is 13.3. The third kappa shape index (κ3) is 2.88. The number of hydrogen-bond acceptors (Lipinski definition) is 2. The van der Waals surface area contributed by atoms with Crippen LogP contribution in [0.1, 0.15) is 5.56 Å². The van der Waals surface area contributed by atoms with Crippen LogP contribution in [0, 0.1) is 0 Å². The second kappa shape index (κ2) is 5.34. The Bertz CT molecular complexity index is 629. The lowest BCUT2D eigenvalue weighted by Gasteiger charge is -2.09. The van der Waals surface area contributed by atoms with Crippen LogP contribution in [-0.4, -0.2) is 4.57 Å². The Morgan fingerprint density at radius 1 is 1.22 bits per heavy atom. The van der Waals surface area contributed by atoms with Gasteiger partial charge in [-0.3, -0.25) is 4.79 Å². The van der Waals surface area contributed by atoms with Crippen molar-refractivity contribution in [1.82, 2.24) is 4.57 Å². The molecule has 0 aliphatic rings. The maximum absolute atomic E-state index is 11.4. The summed E-state index contributed by atoms with van der Waals surface area (Å²) in [6.45, 7) is 0.556. The van der Waals surface area contributed by atoms with Crippen LogP contribution in [0.4, 0.5) is 5.69 Å². The molecule has 0 spiro atoms. The van der Waals surface area contributed by atoms with Crippen LogP contribution in [0.25, 0.3) is 0 Å². The highest BCUT2D eigenvalue weighted by Crippen LogP contribution is 2.23. The molecular weight excluding hydrogens is 339 g/mol. The second-order valence-corrected chi connectivity index (χ2v) is 5.48. The molecule has 1 aromatic heterocycles. The summed E-state index contributed by atoms with van der Waals surface area (Å²) in [4.78, 5) is 11.4. The van der Waals surface area contributed by atoms with E-state index in [2.05, 4.69) is 15.9 Å². The molecule has 0 saturated heterocycles. The molecule has 18 heavy (non-hydrogen) atoms. The van der Waals surface area contributed by atoms with Crippen LogP contribution < -0.4 is 11.2 Å². The molecule has 0 aliphatic carbocycles. The number of nitrogens with zero attached hydrogens (tertiary/aromatic N) is 1. The van der Waals surface area contributed by atoms with Gasteiger partial charge in [-0.15, -0.1) is 0 Å². The lowest BCUT2D eigenvalue weighted by atomic mass is 10.2. The Morgan fingerprint density at radius 2 is 1.94 bits per heavy atom.